The lowest BCUT2D eigenvalue weighted by Crippen LogP contribution is -2.14. The van der Waals surface area contributed by atoms with E-state index in [0.717, 1.165) is 0 Å². The average Bonchev–Trinajstić information content (AvgIpc) is 1.78. The maximum Gasteiger partial charge on any atom is 0.388 e. The maximum absolute atomic E-state index is 11.6. The first kappa shape index (κ1) is 11.2. The first-order chi connectivity index (χ1) is 4.92. The van der Waals surface area contributed by atoms with E-state index >= 15 is 0 Å². The molecule has 11 heavy (non-hydrogen) atoms. The highest BCUT2D eigenvalue weighted by Gasteiger charge is 2.26. The maximum atomic E-state index is 11.6. The van der Waals surface area contributed by atoms with Crippen molar-refractivity contribution in [3.05, 3.63) is 0 Å². The van der Waals surface area contributed by atoms with Gasteiger partial charge in [0.25, 0.3) is 0 Å². The molecule has 1 radical (unpaired) electrons. The van der Waals surface area contributed by atoms with Crippen molar-refractivity contribution >= 4 is 18.8 Å². The second-order valence-electron chi connectivity index (χ2n) is 2.48. The molecule has 0 fully saturated rings. The van der Waals surface area contributed by atoms with E-state index in [2.05, 4.69) is 0 Å². The van der Waals surface area contributed by atoms with Gasteiger partial charge in [0.05, 0.1) is 0 Å². The lowest BCUT2D eigenvalue weighted by atomic mass is 10.5. The molecule has 6 heteroatoms. The first-order valence-electron chi connectivity index (χ1n) is 3.41. The topological polar surface area (TPSA) is 9.23 Å². The molecule has 0 unspecified atom stereocenters. The summed E-state index contributed by atoms with van der Waals surface area (Å²) < 4.78 is 39.8. The molecule has 0 heterocycles. The highest BCUT2D eigenvalue weighted by atomic mass is 28.3. The fourth-order valence-corrected chi connectivity index (χ4v) is 3.30. The van der Waals surface area contributed by atoms with Crippen LogP contribution in [0.15, 0.2) is 0 Å². The Morgan fingerprint density at radius 2 is 1.91 bits per heavy atom. The van der Waals surface area contributed by atoms with Crippen LogP contribution in [0.5, 0.6) is 0 Å². The smallest absolute Gasteiger partial charge is 0.388 e. The van der Waals surface area contributed by atoms with E-state index in [9.17, 15) is 13.2 Å². The molecule has 0 aromatic rings. The van der Waals surface area contributed by atoms with Crippen molar-refractivity contribution in [3.63, 3.8) is 0 Å². The molecule has 0 atom stereocenters. The van der Waals surface area contributed by atoms with E-state index in [-0.39, 0.29) is 6.04 Å². The Morgan fingerprint density at radius 1 is 1.36 bits per heavy atom. The van der Waals surface area contributed by atoms with Gasteiger partial charge in [0.15, 0.2) is 9.04 Å². The second kappa shape index (κ2) is 4.94. The van der Waals surface area contributed by atoms with Crippen molar-refractivity contribution in [1.29, 1.82) is 0 Å². The molecule has 0 bridgehead atoms. The molecule has 0 rings (SSSR count). The van der Waals surface area contributed by atoms with E-state index in [1.807, 2.05) is 13.1 Å². The average molecular weight is 201 g/mol. The molecular weight excluding hydrogens is 189 g/mol. The molecule has 0 aromatic heterocycles. The standard InChI is InChI=1S/C5H12F3OSi2/c1-11(2)9-10-4-3-5(6,7)8/h3-4,10H2,1-2H3. The van der Waals surface area contributed by atoms with Crippen LogP contribution in [0, 0.1) is 0 Å². The number of hydrogen-bond donors (Lipinski definition) is 0. The van der Waals surface area contributed by atoms with E-state index in [0.29, 0.717) is 0 Å². The summed E-state index contributed by atoms with van der Waals surface area (Å²) in [5, 5.41) is 0. The van der Waals surface area contributed by atoms with E-state index in [4.69, 9.17) is 4.12 Å². The van der Waals surface area contributed by atoms with E-state index in [1.54, 1.807) is 0 Å². The molecule has 0 aliphatic heterocycles. The molecule has 67 valence electrons. The van der Waals surface area contributed by atoms with Crippen LogP contribution in [0.4, 0.5) is 13.2 Å². The Balaban J connectivity index is 3.15. The molecule has 0 aliphatic rings. The van der Waals surface area contributed by atoms with Crippen molar-refractivity contribution < 1.29 is 17.3 Å². The molecule has 0 amide bonds. The molecule has 1 nitrogen and oxygen atoms in total. The zero-order valence-electron chi connectivity index (χ0n) is 6.66. The predicted molar refractivity (Wildman–Crippen MR) is 42.6 cm³/mol. The summed E-state index contributed by atoms with van der Waals surface area (Å²) in [5.74, 6) is 0. The fraction of sp³-hybridized carbons (Fsp3) is 1.00. The third-order valence-electron chi connectivity index (χ3n) is 0.995. The second-order valence-corrected chi connectivity index (χ2v) is 6.56. The van der Waals surface area contributed by atoms with Crippen LogP contribution in [-0.4, -0.2) is 25.0 Å². The van der Waals surface area contributed by atoms with Gasteiger partial charge >= 0.3 is 6.18 Å². The highest BCUT2D eigenvalue weighted by molar-refractivity contribution is 6.56. The summed E-state index contributed by atoms with van der Waals surface area (Å²) in [6.07, 6.45) is -4.67. The summed E-state index contributed by atoms with van der Waals surface area (Å²) in [5.41, 5.74) is 0. The quantitative estimate of drug-likeness (QED) is 0.497. The van der Waals surface area contributed by atoms with Gasteiger partial charge in [-0.05, 0) is 19.1 Å². The Morgan fingerprint density at radius 3 is 2.27 bits per heavy atom. The van der Waals surface area contributed by atoms with E-state index in [1.165, 1.54) is 0 Å². The molecule has 0 N–H and O–H groups in total. The zero-order valence-corrected chi connectivity index (χ0v) is 9.08. The molecule has 0 saturated heterocycles. The highest BCUT2D eigenvalue weighted by Crippen LogP contribution is 2.21. The van der Waals surface area contributed by atoms with Crippen LogP contribution in [0.25, 0.3) is 0 Å². The summed E-state index contributed by atoms with van der Waals surface area (Å²) in [6, 6.07) is 0.222. The van der Waals surface area contributed by atoms with E-state index < -0.39 is 31.4 Å². The van der Waals surface area contributed by atoms with Gasteiger partial charge in [0.1, 0.15) is 9.76 Å². The number of hydrogen-bond acceptors (Lipinski definition) is 1. The molecular formula is C5H12F3OSi2. The van der Waals surface area contributed by atoms with Crippen LogP contribution in [0.2, 0.25) is 19.1 Å². The van der Waals surface area contributed by atoms with Crippen LogP contribution in [-0.2, 0) is 4.12 Å². The monoisotopic (exact) mass is 201 g/mol. The third kappa shape index (κ3) is 10.2. The summed E-state index contributed by atoms with van der Waals surface area (Å²) >= 11 is 0. The number of halogens is 3. The Bertz CT molecular complexity index is 104. The molecule has 0 saturated carbocycles. The number of alkyl halides is 3. The minimum Gasteiger partial charge on any atom is -0.461 e. The van der Waals surface area contributed by atoms with Gasteiger partial charge in [-0.1, -0.05) is 0 Å². The van der Waals surface area contributed by atoms with Gasteiger partial charge < -0.3 is 4.12 Å². The van der Waals surface area contributed by atoms with Crippen molar-refractivity contribution in [1.82, 2.24) is 0 Å². The summed E-state index contributed by atoms with van der Waals surface area (Å²) in [6.45, 7) is 3.87. The van der Waals surface area contributed by atoms with Gasteiger partial charge in [-0.3, -0.25) is 0 Å². The summed E-state index contributed by atoms with van der Waals surface area (Å²) in [7, 11) is -1.65. The molecule has 0 spiro atoms. The van der Waals surface area contributed by atoms with Gasteiger partial charge in [-0.2, -0.15) is 13.2 Å². The minimum absolute atomic E-state index is 0.222. The minimum atomic E-state index is -4.00. The van der Waals surface area contributed by atoms with Crippen LogP contribution >= 0.6 is 0 Å². The van der Waals surface area contributed by atoms with Gasteiger partial charge in [0, 0.05) is 6.42 Å². The largest absolute Gasteiger partial charge is 0.461 e. The van der Waals surface area contributed by atoms with Crippen molar-refractivity contribution in [3.8, 4) is 0 Å². The number of rotatable bonds is 4. The van der Waals surface area contributed by atoms with Gasteiger partial charge in [-0.25, -0.2) is 0 Å². The lowest BCUT2D eigenvalue weighted by Gasteiger charge is -2.07. The van der Waals surface area contributed by atoms with Crippen LogP contribution in [0.1, 0.15) is 6.42 Å². The predicted octanol–water partition coefficient (Wildman–Crippen LogP) is 1.71. The lowest BCUT2D eigenvalue weighted by molar-refractivity contribution is -0.130. The summed E-state index contributed by atoms with van der Waals surface area (Å²) in [4.78, 5) is 0. The van der Waals surface area contributed by atoms with Crippen LogP contribution < -0.4 is 0 Å². The van der Waals surface area contributed by atoms with Crippen molar-refractivity contribution in [2.45, 2.75) is 31.7 Å². The van der Waals surface area contributed by atoms with Crippen molar-refractivity contribution in [2.24, 2.45) is 0 Å². The Labute approximate surface area is 68.6 Å². The van der Waals surface area contributed by atoms with Gasteiger partial charge in [0.2, 0.25) is 0 Å². The third-order valence-corrected chi connectivity index (χ3v) is 4.76. The van der Waals surface area contributed by atoms with Crippen molar-refractivity contribution in [2.75, 3.05) is 0 Å². The SMILES string of the molecule is C[Si](C)O[SiH2]CCC(F)(F)F. The Hall–Kier alpha value is 0.184. The van der Waals surface area contributed by atoms with Gasteiger partial charge in [-0.15, -0.1) is 0 Å². The molecule has 0 aliphatic carbocycles. The Kier molecular flexibility index (Phi) is 5.02. The molecule has 0 aromatic carbocycles. The first-order valence-corrected chi connectivity index (χ1v) is 7.40. The normalized spacial score (nSPS) is 13.6. The zero-order chi connectivity index (χ0) is 8.91. The fourth-order valence-electron chi connectivity index (χ4n) is 0.549. The van der Waals surface area contributed by atoms with Crippen LogP contribution in [0.3, 0.4) is 0 Å².